The van der Waals surface area contributed by atoms with Crippen LogP contribution in [0.1, 0.15) is 12.5 Å². The number of hydrogen-bond donors (Lipinski definition) is 0. The Bertz CT molecular complexity index is 970. The van der Waals surface area contributed by atoms with Gasteiger partial charge in [-0.2, -0.15) is 0 Å². The van der Waals surface area contributed by atoms with Gasteiger partial charge in [-0.25, -0.2) is 10.0 Å². The van der Waals surface area contributed by atoms with E-state index in [0.29, 0.717) is 12.3 Å². The fourth-order valence-electron chi connectivity index (χ4n) is 3.75. The highest BCUT2D eigenvalue weighted by Crippen LogP contribution is 2.32. The lowest BCUT2D eigenvalue weighted by atomic mass is 10.1. The predicted octanol–water partition coefficient (Wildman–Crippen LogP) is 2.66. The number of anilines is 2. The molecule has 6 heteroatoms. The number of rotatable bonds is 4. The lowest BCUT2D eigenvalue weighted by Crippen LogP contribution is -2.38. The Morgan fingerprint density at radius 1 is 1.07 bits per heavy atom. The van der Waals surface area contributed by atoms with Crippen molar-refractivity contribution < 1.29 is 9.59 Å². The van der Waals surface area contributed by atoms with E-state index in [0.717, 1.165) is 16.9 Å². The predicted molar refractivity (Wildman–Crippen MR) is 110 cm³/mol. The second kappa shape index (κ2) is 7.05. The SMILES string of the molecule is C=CCN1C(=O)C(=NC2C(=O)N(c3ccccc3)N(C)C2C)c2ccccc21. The van der Waals surface area contributed by atoms with Crippen LogP contribution in [0.2, 0.25) is 0 Å². The molecule has 0 aliphatic carbocycles. The third-order valence-corrected chi connectivity index (χ3v) is 5.30. The fourth-order valence-corrected chi connectivity index (χ4v) is 3.75. The fraction of sp³-hybridized carbons (Fsp3) is 0.227. The van der Waals surface area contributed by atoms with Crippen LogP contribution in [0, 0.1) is 0 Å². The smallest absolute Gasteiger partial charge is 0.277 e. The van der Waals surface area contributed by atoms with E-state index in [1.807, 2.05) is 73.6 Å². The highest BCUT2D eigenvalue weighted by Gasteiger charge is 2.45. The van der Waals surface area contributed by atoms with Gasteiger partial charge in [-0.1, -0.05) is 42.5 Å². The van der Waals surface area contributed by atoms with Crippen LogP contribution in [0.4, 0.5) is 11.4 Å². The molecule has 6 nitrogen and oxygen atoms in total. The minimum Gasteiger partial charge on any atom is -0.303 e. The Hall–Kier alpha value is -3.25. The van der Waals surface area contributed by atoms with Crippen molar-refractivity contribution in [3.8, 4) is 0 Å². The van der Waals surface area contributed by atoms with E-state index in [1.165, 1.54) is 0 Å². The minimum atomic E-state index is -0.652. The van der Waals surface area contributed by atoms with Gasteiger partial charge in [0, 0.05) is 19.2 Å². The molecule has 28 heavy (non-hydrogen) atoms. The summed E-state index contributed by atoms with van der Waals surface area (Å²) in [5, 5.41) is 3.51. The molecular formula is C22H22N4O2. The van der Waals surface area contributed by atoms with E-state index in [9.17, 15) is 9.59 Å². The second-order valence-electron chi connectivity index (χ2n) is 6.94. The van der Waals surface area contributed by atoms with E-state index >= 15 is 0 Å². The molecule has 0 spiro atoms. The number of carbonyl (C=O) groups is 2. The number of para-hydroxylation sites is 2. The van der Waals surface area contributed by atoms with Crippen LogP contribution in [0.15, 0.2) is 72.2 Å². The van der Waals surface area contributed by atoms with E-state index in [1.54, 1.807) is 16.0 Å². The van der Waals surface area contributed by atoms with Gasteiger partial charge < -0.3 is 4.90 Å². The van der Waals surface area contributed by atoms with E-state index < -0.39 is 6.04 Å². The van der Waals surface area contributed by atoms with Gasteiger partial charge in [0.25, 0.3) is 11.8 Å². The summed E-state index contributed by atoms with van der Waals surface area (Å²) in [7, 11) is 1.87. The van der Waals surface area contributed by atoms with Gasteiger partial charge in [-0.05, 0) is 25.1 Å². The van der Waals surface area contributed by atoms with E-state index in [-0.39, 0.29) is 17.9 Å². The van der Waals surface area contributed by atoms with Crippen molar-refractivity contribution in [1.29, 1.82) is 0 Å². The summed E-state index contributed by atoms with van der Waals surface area (Å²) in [5.41, 5.74) is 2.69. The molecule has 142 valence electrons. The highest BCUT2D eigenvalue weighted by molar-refractivity contribution is 6.54. The summed E-state index contributed by atoms with van der Waals surface area (Å²) >= 11 is 0. The molecule has 2 aromatic rings. The van der Waals surface area contributed by atoms with Gasteiger partial charge in [-0.3, -0.25) is 14.6 Å². The maximum atomic E-state index is 13.2. The highest BCUT2D eigenvalue weighted by atomic mass is 16.2. The van der Waals surface area contributed by atoms with Crippen LogP contribution in [0.25, 0.3) is 0 Å². The van der Waals surface area contributed by atoms with Gasteiger partial charge in [0.05, 0.1) is 17.4 Å². The monoisotopic (exact) mass is 374 g/mol. The molecule has 2 unspecified atom stereocenters. The van der Waals surface area contributed by atoms with Crippen LogP contribution < -0.4 is 9.91 Å². The van der Waals surface area contributed by atoms with Crippen molar-refractivity contribution in [2.24, 2.45) is 4.99 Å². The van der Waals surface area contributed by atoms with Crippen molar-refractivity contribution in [1.82, 2.24) is 5.01 Å². The lowest BCUT2D eigenvalue weighted by molar-refractivity contribution is -0.118. The average molecular weight is 374 g/mol. The zero-order valence-electron chi connectivity index (χ0n) is 15.9. The Kier molecular flexibility index (Phi) is 4.57. The molecule has 0 radical (unpaired) electrons. The van der Waals surface area contributed by atoms with Crippen LogP contribution in [-0.2, 0) is 9.59 Å². The average Bonchev–Trinajstić information content (AvgIpc) is 3.09. The Morgan fingerprint density at radius 2 is 1.75 bits per heavy atom. The number of hydrazine groups is 1. The quantitative estimate of drug-likeness (QED) is 0.773. The van der Waals surface area contributed by atoms with Crippen LogP contribution in [0.3, 0.4) is 0 Å². The summed E-state index contributed by atoms with van der Waals surface area (Å²) in [4.78, 5) is 32.5. The standard InChI is InChI=1S/C22H22N4O2/c1-4-14-25-18-13-9-8-12-17(18)20(21(25)27)23-19-15(2)24(3)26(22(19)28)16-10-6-5-7-11-16/h4-13,15,19H,1,14H2,2-3H3. The summed E-state index contributed by atoms with van der Waals surface area (Å²) in [6.45, 7) is 6.08. The summed E-state index contributed by atoms with van der Waals surface area (Å²) in [5.74, 6) is -0.330. The molecule has 1 saturated heterocycles. The van der Waals surface area contributed by atoms with Gasteiger partial charge >= 0.3 is 0 Å². The molecule has 0 aromatic heterocycles. The number of aliphatic imine (C=N–C) groups is 1. The number of likely N-dealkylation sites (N-methyl/N-ethyl adjacent to an activating group) is 1. The first kappa shape index (κ1) is 18.1. The van der Waals surface area contributed by atoms with Crippen molar-refractivity contribution in [2.45, 2.75) is 19.0 Å². The Labute approximate surface area is 164 Å². The molecule has 2 amide bonds. The zero-order valence-corrected chi connectivity index (χ0v) is 15.9. The molecule has 2 aliphatic heterocycles. The number of carbonyl (C=O) groups excluding carboxylic acids is 2. The van der Waals surface area contributed by atoms with Crippen molar-refractivity contribution >= 4 is 28.9 Å². The van der Waals surface area contributed by atoms with Crippen molar-refractivity contribution in [3.63, 3.8) is 0 Å². The molecular weight excluding hydrogens is 352 g/mol. The number of nitrogens with zero attached hydrogens (tertiary/aromatic N) is 4. The topological polar surface area (TPSA) is 56.2 Å². The first-order valence-electron chi connectivity index (χ1n) is 9.26. The van der Waals surface area contributed by atoms with Crippen LogP contribution in [0.5, 0.6) is 0 Å². The van der Waals surface area contributed by atoms with Gasteiger partial charge in [0.2, 0.25) is 0 Å². The summed E-state index contributed by atoms with van der Waals surface area (Å²) in [6, 6.07) is 16.2. The molecule has 1 fully saturated rings. The second-order valence-corrected chi connectivity index (χ2v) is 6.94. The molecule has 0 saturated carbocycles. The summed E-state index contributed by atoms with van der Waals surface area (Å²) in [6.07, 6.45) is 1.69. The first-order valence-corrected chi connectivity index (χ1v) is 9.26. The zero-order chi connectivity index (χ0) is 19.8. The van der Waals surface area contributed by atoms with E-state index in [4.69, 9.17) is 0 Å². The molecule has 2 atom stereocenters. The third kappa shape index (κ3) is 2.73. The molecule has 2 aliphatic rings. The minimum absolute atomic E-state index is 0.138. The lowest BCUT2D eigenvalue weighted by Gasteiger charge is -2.26. The molecule has 0 N–H and O–H groups in total. The number of fused-ring (bicyclic) bond motifs is 1. The van der Waals surface area contributed by atoms with Gasteiger partial charge in [0.1, 0.15) is 11.8 Å². The molecule has 4 rings (SSSR count). The molecule has 2 aromatic carbocycles. The normalized spacial score (nSPS) is 23.6. The summed E-state index contributed by atoms with van der Waals surface area (Å²) < 4.78 is 0. The number of hydrogen-bond acceptors (Lipinski definition) is 4. The molecule has 2 heterocycles. The largest absolute Gasteiger partial charge is 0.303 e. The van der Waals surface area contributed by atoms with Gasteiger partial charge in [-0.15, -0.1) is 6.58 Å². The van der Waals surface area contributed by atoms with Crippen molar-refractivity contribution in [3.05, 3.63) is 72.8 Å². The Balaban J connectivity index is 1.73. The first-order chi connectivity index (χ1) is 13.5. The molecule has 0 bridgehead atoms. The maximum Gasteiger partial charge on any atom is 0.277 e. The maximum absolute atomic E-state index is 13.2. The van der Waals surface area contributed by atoms with E-state index in [2.05, 4.69) is 11.6 Å². The van der Waals surface area contributed by atoms with Gasteiger partial charge in [0.15, 0.2) is 0 Å². The van der Waals surface area contributed by atoms with Crippen LogP contribution >= 0.6 is 0 Å². The van der Waals surface area contributed by atoms with Crippen molar-refractivity contribution in [2.75, 3.05) is 23.5 Å². The van der Waals surface area contributed by atoms with Crippen LogP contribution in [-0.4, -0.2) is 48.2 Å². The third-order valence-electron chi connectivity index (χ3n) is 5.30. The Morgan fingerprint density at radius 3 is 2.46 bits per heavy atom. The number of benzene rings is 2. The number of amides is 2.